The summed E-state index contributed by atoms with van der Waals surface area (Å²) in [5, 5.41) is 5.35. The third-order valence-electron chi connectivity index (χ3n) is 1.90. The van der Waals surface area contributed by atoms with Gasteiger partial charge in [0, 0.05) is 12.0 Å². The average Bonchev–Trinajstić information content (AvgIpc) is 2.47. The molecule has 2 nitrogen and oxygen atoms in total. The quantitative estimate of drug-likeness (QED) is 0.774. The van der Waals surface area contributed by atoms with E-state index in [1.54, 1.807) is 18.4 Å². The Labute approximate surface area is 77.6 Å². The Morgan fingerprint density at radius 2 is 2.42 bits per heavy atom. The van der Waals surface area contributed by atoms with Crippen LogP contribution in [-0.2, 0) is 4.74 Å². The van der Waals surface area contributed by atoms with E-state index >= 15 is 0 Å². The van der Waals surface area contributed by atoms with E-state index in [2.05, 4.69) is 23.7 Å². The number of rotatable bonds is 4. The number of hydrogen-bond donors (Lipinski definition) is 1. The molecule has 1 rings (SSSR count). The molecule has 1 atom stereocenters. The molecule has 0 amide bonds. The van der Waals surface area contributed by atoms with Crippen LogP contribution >= 0.6 is 11.3 Å². The van der Waals surface area contributed by atoms with Gasteiger partial charge in [-0.2, -0.15) is 0 Å². The van der Waals surface area contributed by atoms with Crippen molar-refractivity contribution in [2.75, 3.05) is 20.8 Å². The lowest BCUT2D eigenvalue weighted by atomic mass is 10.2. The third-order valence-corrected chi connectivity index (χ3v) is 3.03. The van der Waals surface area contributed by atoms with Crippen molar-refractivity contribution in [3.8, 4) is 0 Å². The zero-order valence-corrected chi connectivity index (χ0v) is 8.57. The highest BCUT2D eigenvalue weighted by molar-refractivity contribution is 7.10. The van der Waals surface area contributed by atoms with Crippen molar-refractivity contribution >= 4 is 11.3 Å². The number of nitrogens with one attached hydrogen (secondary N) is 1. The summed E-state index contributed by atoms with van der Waals surface area (Å²) in [4.78, 5) is 1.37. The van der Waals surface area contributed by atoms with Gasteiger partial charge in [-0.05, 0) is 31.0 Å². The van der Waals surface area contributed by atoms with Crippen molar-refractivity contribution in [3.05, 3.63) is 21.9 Å². The smallest absolute Gasteiger partial charge is 0.0665 e. The first-order valence-electron chi connectivity index (χ1n) is 3.99. The minimum absolute atomic E-state index is 0.343. The van der Waals surface area contributed by atoms with E-state index in [0.717, 1.165) is 6.61 Å². The molecule has 0 radical (unpaired) electrons. The molecular weight excluding hydrogens is 170 g/mol. The lowest BCUT2D eigenvalue weighted by Gasteiger charge is -2.14. The van der Waals surface area contributed by atoms with Crippen LogP contribution in [0.1, 0.15) is 16.5 Å². The summed E-state index contributed by atoms with van der Waals surface area (Å²) in [5.41, 5.74) is 1.34. The van der Waals surface area contributed by atoms with Gasteiger partial charge >= 0.3 is 0 Å². The topological polar surface area (TPSA) is 21.3 Å². The first kappa shape index (κ1) is 9.71. The molecule has 1 heterocycles. The van der Waals surface area contributed by atoms with Crippen molar-refractivity contribution < 1.29 is 4.74 Å². The largest absolute Gasteiger partial charge is 0.383 e. The highest BCUT2D eigenvalue weighted by Gasteiger charge is 2.11. The summed E-state index contributed by atoms with van der Waals surface area (Å²) in [6.45, 7) is 2.86. The van der Waals surface area contributed by atoms with Gasteiger partial charge in [0.1, 0.15) is 0 Å². The second kappa shape index (κ2) is 4.60. The Morgan fingerprint density at radius 1 is 1.67 bits per heavy atom. The first-order valence-corrected chi connectivity index (χ1v) is 4.87. The second-order valence-corrected chi connectivity index (χ2v) is 3.71. The molecule has 0 aliphatic rings. The predicted molar refractivity (Wildman–Crippen MR) is 52.7 cm³/mol. The van der Waals surface area contributed by atoms with Gasteiger partial charge in [-0.15, -0.1) is 11.3 Å². The zero-order chi connectivity index (χ0) is 8.97. The Hall–Kier alpha value is -0.380. The van der Waals surface area contributed by atoms with E-state index in [9.17, 15) is 0 Å². The van der Waals surface area contributed by atoms with Crippen LogP contribution in [0.2, 0.25) is 0 Å². The molecule has 1 aromatic rings. The SMILES string of the molecule is CNC(COC)c1sccc1C. The van der Waals surface area contributed by atoms with Crippen LogP contribution in [0.5, 0.6) is 0 Å². The molecule has 0 fully saturated rings. The van der Waals surface area contributed by atoms with Crippen LogP contribution in [0.3, 0.4) is 0 Å². The number of aryl methyl sites for hydroxylation is 1. The van der Waals surface area contributed by atoms with Gasteiger partial charge in [-0.1, -0.05) is 0 Å². The summed E-state index contributed by atoms with van der Waals surface area (Å²) in [5.74, 6) is 0. The minimum atomic E-state index is 0.343. The van der Waals surface area contributed by atoms with Crippen molar-refractivity contribution in [3.63, 3.8) is 0 Å². The molecule has 1 aromatic heterocycles. The number of methoxy groups -OCH3 is 1. The fourth-order valence-corrected chi connectivity index (χ4v) is 2.22. The Bertz CT molecular complexity index is 234. The van der Waals surface area contributed by atoms with Crippen molar-refractivity contribution in [1.29, 1.82) is 0 Å². The summed E-state index contributed by atoms with van der Waals surface area (Å²) >= 11 is 1.78. The maximum Gasteiger partial charge on any atom is 0.0665 e. The van der Waals surface area contributed by atoms with Crippen molar-refractivity contribution in [2.45, 2.75) is 13.0 Å². The Balaban J connectivity index is 2.72. The van der Waals surface area contributed by atoms with Crippen molar-refractivity contribution in [2.24, 2.45) is 0 Å². The molecule has 68 valence electrons. The average molecular weight is 185 g/mol. The monoisotopic (exact) mass is 185 g/mol. The molecule has 3 heteroatoms. The standard InChI is InChI=1S/C9H15NOS/c1-7-4-5-12-9(7)8(10-2)6-11-3/h4-5,8,10H,6H2,1-3H3. The second-order valence-electron chi connectivity index (χ2n) is 2.76. The number of ether oxygens (including phenoxy) is 1. The lowest BCUT2D eigenvalue weighted by molar-refractivity contribution is 0.171. The summed E-state index contributed by atoms with van der Waals surface area (Å²) in [6.07, 6.45) is 0. The molecule has 0 aliphatic carbocycles. The summed E-state index contributed by atoms with van der Waals surface area (Å²) < 4.78 is 5.12. The maximum atomic E-state index is 5.12. The van der Waals surface area contributed by atoms with E-state index in [4.69, 9.17) is 4.74 Å². The molecular formula is C9H15NOS. The van der Waals surface area contributed by atoms with Crippen LogP contribution in [-0.4, -0.2) is 20.8 Å². The van der Waals surface area contributed by atoms with Gasteiger partial charge in [-0.3, -0.25) is 0 Å². The third kappa shape index (κ3) is 2.06. The molecule has 12 heavy (non-hydrogen) atoms. The Kier molecular flexibility index (Phi) is 3.72. The summed E-state index contributed by atoms with van der Waals surface area (Å²) in [6, 6.07) is 2.48. The molecule has 1 unspecified atom stereocenters. The van der Waals surface area contributed by atoms with E-state index in [1.807, 2.05) is 7.05 Å². The van der Waals surface area contributed by atoms with E-state index < -0.39 is 0 Å². The molecule has 0 bridgehead atoms. The fourth-order valence-electron chi connectivity index (χ4n) is 1.20. The normalized spacial score (nSPS) is 13.2. The highest BCUT2D eigenvalue weighted by atomic mass is 32.1. The molecule has 0 aliphatic heterocycles. The molecule has 0 aromatic carbocycles. The van der Waals surface area contributed by atoms with Gasteiger partial charge < -0.3 is 10.1 Å². The van der Waals surface area contributed by atoms with Crippen molar-refractivity contribution in [1.82, 2.24) is 5.32 Å². The van der Waals surface area contributed by atoms with Crippen LogP contribution in [0, 0.1) is 6.92 Å². The number of hydrogen-bond acceptors (Lipinski definition) is 3. The van der Waals surface area contributed by atoms with Crippen LogP contribution in [0.25, 0.3) is 0 Å². The molecule has 0 saturated carbocycles. The lowest BCUT2D eigenvalue weighted by Crippen LogP contribution is -2.20. The predicted octanol–water partition coefficient (Wildman–Crippen LogP) is 1.96. The van der Waals surface area contributed by atoms with Crippen LogP contribution in [0.15, 0.2) is 11.4 Å². The molecule has 0 spiro atoms. The van der Waals surface area contributed by atoms with Gasteiger partial charge in [0.25, 0.3) is 0 Å². The van der Waals surface area contributed by atoms with E-state index in [1.165, 1.54) is 10.4 Å². The Morgan fingerprint density at radius 3 is 2.83 bits per heavy atom. The number of likely N-dealkylation sites (N-methyl/N-ethyl adjacent to an activating group) is 1. The molecule has 1 N–H and O–H groups in total. The molecule has 0 saturated heterocycles. The highest BCUT2D eigenvalue weighted by Crippen LogP contribution is 2.23. The fraction of sp³-hybridized carbons (Fsp3) is 0.556. The van der Waals surface area contributed by atoms with Crippen LogP contribution < -0.4 is 5.32 Å². The van der Waals surface area contributed by atoms with Gasteiger partial charge in [0.05, 0.1) is 12.6 Å². The van der Waals surface area contributed by atoms with Gasteiger partial charge in [0.2, 0.25) is 0 Å². The maximum absolute atomic E-state index is 5.12. The minimum Gasteiger partial charge on any atom is -0.383 e. The van der Waals surface area contributed by atoms with E-state index in [0.29, 0.717) is 6.04 Å². The van der Waals surface area contributed by atoms with Gasteiger partial charge in [-0.25, -0.2) is 0 Å². The van der Waals surface area contributed by atoms with Gasteiger partial charge in [0.15, 0.2) is 0 Å². The first-order chi connectivity index (χ1) is 5.79. The van der Waals surface area contributed by atoms with Crippen LogP contribution in [0.4, 0.5) is 0 Å². The zero-order valence-electron chi connectivity index (χ0n) is 7.76. The summed E-state index contributed by atoms with van der Waals surface area (Å²) in [7, 11) is 3.69. The van der Waals surface area contributed by atoms with E-state index in [-0.39, 0.29) is 0 Å². The number of thiophene rings is 1.